The average molecular weight is 478 g/mol. The average Bonchev–Trinajstić information content (AvgIpc) is 3.48. The zero-order chi connectivity index (χ0) is 24.2. The van der Waals surface area contributed by atoms with E-state index in [0.717, 1.165) is 49.5 Å². The fraction of sp³-hybridized carbons (Fsp3) is 0.480. The second kappa shape index (κ2) is 10.4. The summed E-state index contributed by atoms with van der Waals surface area (Å²) in [4.78, 5) is 29.0. The van der Waals surface area contributed by atoms with Crippen molar-refractivity contribution >= 4 is 29.3 Å². The molecule has 10 nitrogen and oxygen atoms in total. The molecule has 0 unspecified atom stereocenters. The molecule has 3 aliphatic rings. The van der Waals surface area contributed by atoms with Crippen molar-refractivity contribution in [2.24, 2.45) is 5.92 Å². The van der Waals surface area contributed by atoms with Crippen molar-refractivity contribution in [3.63, 3.8) is 0 Å². The lowest BCUT2D eigenvalue weighted by Gasteiger charge is -2.27. The minimum absolute atomic E-state index is 0.00487. The van der Waals surface area contributed by atoms with Crippen molar-refractivity contribution in [3.8, 4) is 11.8 Å². The van der Waals surface area contributed by atoms with Crippen LogP contribution in [-0.4, -0.2) is 79.6 Å². The largest absolute Gasteiger partial charge is 0.378 e. The molecule has 184 valence electrons. The van der Waals surface area contributed by atoms with E-state index >= 15 is 0 Å². The monoisotopic (exact) mass is 477 g/mol. The molecule has 2 saturated heterocycles. The summed E-state index contributed by atoms with van der Waals surface area (Å²) in [7, 11) is 1.56. The maximum absolute atomic E-state index is 13.4. The Bertz CT molecular complexity index is 1150. The molecule has 1 aromatic carbocycles. The molecule has 3 aliphatic heterocycles. The molecule has 0 bridgehead atoms. The van der Waals surface area contributed by atoms with Crippen LogP contribution in [0.4, 0.5) is 22.1 Å². The Labute approximate surface area is 205 Å². The van der Waals surface area contributed by atoms with Crippen molar-refractivity contribution in [1.29, 1.82) is 0 Å². The highest BCUT2D eigenvalue weighted by Gasteiger charge is 2.26. The number of hydrogen-bond donors (Lipinski definition) is 3. The molecule has 2 aromatic rings. The van der Waals surface area contributed by atoms with E-state index in [-0.39, 0.29) is 11.9 Å². The Morgan fingerprint density at radius 1 is 1.09 bits per heavy atom. The van der Waals surface area contributed by atoms with Crippen LogP contribution in [0.25, 0.3) is 0 Å². The number of ether oxygens (including phenoxy) is 1. The number of nitrogens with zero attached hydrogens (tertiary/aromatic N) is 4. The van der Waals surface area contributed by atoms with E-state index in [1.807, 2.05) is 33.8 Å². The van der Waals surface area contributed by atoms with Crippen LogP contribution in [-0.2, 0) is 11.3 Å². The summed E-state index contributed by atoms with van der Waals surface area (Å²) >= 11 is 0. The first-order valence-electron chi connectivity index (χ1n) is 12.2. The van der Waals surface area contributed by atoms with Crippen molar-refractivity contribution in [2.45, 2.75) is 19.4 Å². The molecule has 0 spiro atoms. The SMILES string of the molecule is CNC(=O)Nc1cc2n(n1)CCN2c1cc(C#CC2CCNCC2)cc(C(=O)N2CCOCC2)c1. The van der Waals surface area contributed by atoms with E-state index in [4.69, 9.17) is 4.74 Å². The fourth-order valence-electron chi connectivity index (χ4n) is 4.66. The van der Waals surface area contributed by atoms with Crippen molar-refractivity contribution in [3.05, 3.63) is 35.4 Å². The standard InChI is InChI=1S/C25H31N7O3/c1-26-25(34)28-22-17-23-31(8-9-32(23)29-22)21-15-19(3-2-18-4-6-27-7-5-18)14-20(16-21)24(33)30-10-12-35-13-11-30/h14-18,27H,4-13H2,1H3,(H2,26,28,29,34). The van der Waals surface area contributed by atoms with Gasteiger partial charge in [0.15, 0.2) is 5.82 Å². The molecule has 4 heterocycles. The number of benzene rings is 1. The van der Waals surface area contributed by atoms with E-state index in [9.17, 15) is 9.59 Å². The van der Waals surface area contributed by atoms with Crippen LogP contribution in [0.1, 0.15) is 28.8 Å². The second-order valence-electron chi connectivity index (χ2n) is 8.93. The molecule has 3 N–H and O–H groups in total. The topological polar surface area (TPSA) is 104 Å². The van der Waals surface area contributed by atoms with Crippen molar-refractivity contribution < 1.29 is 14.3 Å². The maximum atomic E-state index is 13.4. The number of anilines is 3. The summed E-state index contributed by atoms with van der Waals surface area (Å²) in [5.74, 6) is 8.49. The van der Waals surface area contributed by atoms with Gasteiger partial charge >= 0.3 is 6.03 Å². The summed E-state index contributed by atoms with van der Waals surface area (Å²) < 4.78 is 7.29. The van der Waals surface area contributed by atoms with Gasteiger partial charge in [0.25, 0.3) is 5.91 Å². The molecular weight excluding hydrogens is 446 g/mol. The van der Waals surface area contributed by atoms with Gasteiger partial charge < -0.3 is 25.2 Å². The quantitative estimate of drug-likeness (QED) is 0.581. The number of carbonyl (C=O) groups is 2. The van der Waals surface area contributed by atoms with Gasteiger partial charge in [0.2, 0.25) is 0 Å². The van der Waals surface area contributed by atoms with Crippen LogP contribution < -0.4 is 20.9 Å². The van der Waals surface area contributed by atoms with Crippen LogP contribution in [0.3, 0.4) is 0 Å². The van der Waals surface area contributed by atoms with Gasteiger partial charge in [0, 0.05) is 55.5 Å². The van der Waals surface area contributed by atoms with Gasteiger partial charge in [-0.15, -0.1) is 0 Å². The predicted molar refractivity (Wildman–Crippen MR) is 133 cm³/mol. The van der Waals surface area contributed by atoms with Gasteiger partial charge in [0.05, 0.1) is 19.8 Å². The number of morpholine rings is 1. The molecule has 0 aliphatic carbocycles. The number of carbonyl (C=O) groups excluding carboxylic acids is 2. The number of hydrogen-bond acceptors (Lipinski definition) is 6. The normalized spacial score (nSPS) is 18.0. The van der Waals surface area contributed by atoms with Crippen molar-refractivity contribution in [1.82, 2.24) is 25.3 Å². The zero-order valence-electron chi connectivity index (χ0n) is 20.0. The zero-order valence-corrected chi connectivity index (χ0v) is 20.0. The highest BCUT2D eigenvalue weighted by molar-refractivity contribution is 5.96. The smallest absolute Gasteiger partial charge is 0.320 e. The predicted octanol–water partition coefficient (Wildman–Crippen LogP) is 1.61. The van der Waals surface area contributed by atoms with Crippen LogP contribution in [0.15, 0.2) is 24.3 Å². The Hall–Kier alpha value is -3.55. The molecule has 3 amide bonds. The maximum Gasteiger partial charge on any atom is 0.320 e. The lowest BCUT2D eigenvalue weighted by molar-refractivity contribution is 0.0303. The summed E-state index contributed by atoms with van der Waals surface area (Å²) in [6.45, 7) is 5.67. The Morgan fingerprint density at radius 2 is 1.89 bits per heavy atom. The summed E-state index contributed by atoms with van der Waals surface area (Å²) in [6.07, 6.45) is 2.08. The molecule has 5 rings (SSSR count). The van der Waals surface area contributed by atoms with Crippen LogP contribution in [0.5, 0.6) is 0 Å². The van der Waals surface area contributed by atoms with E-state index in [1.165, 1.54) is 0 Å². The number of aromatic nitrogens is 2. The van der Waals surface area contributed by atoms with E-state index < -0.39 is 0 Å². The molecule has 2 fully saturated rings. The van der Waals surface area contributed by atoms with Gasteiger partial charge in [-0.1, -0.05) is 11.8 Å². The first-order valence-corrected chi connectivity index (χ1v) is 12.2. The molecule has 1 aromatic heterocycles. The number of fused-ring (bicyclic) bond motifs is 1. The van der Waals surface area contributed by atoms with E-state index in [1.54, 1.807) is 7.05 Å². The number of rotatable bonds is 3. The molecule has 0 radical (unpaired) electrons. The highest BCUT2D eigenvalue weighted by Crippen LogP contribution is 2.33. The number of amides is 3. The first-order chi connectivity index (χ1) is 17.1. The minimum Gasteiger partial charge on any atom is -0.378 e. The molecular formula is C25H31N7O3. The summed E-state index contributed by atoms with van der Waals surface area (Å²) in [6, 6.07) is 7.41. The lowest BCUT2D eigenvalue weighted by Crippen LogP contribution is -2.40. The molecule has 35 heavy (non-hydrogen) atoms. The number of urea groups is 1. The summed E-state index contributed by atoms with van der Waals surface area (Å²) in [5, 5.41) is 13.1. The third-order valence-corrected chi connectivity index (χ3v) is 6.57. The van der Waals surface area contributed by atoms with Gasteiger partial charge in [-0.05, 0) is 44.1 Å². The second-order valence-corrected chi connectivity index (χ2v) is 8.93. The van der Waals surface area contributed by atoms with Crippen LogP contribution >= 0.6 is 0 Å². The van der Waals surface area contributed by atoms with E-state index in [2.05, 4.69) is 37.8 Å². The molecule has 10 heteroatoms. The van der Waals surface area contributed by atoms with Gasteiger partial charge in [0.1, 0.15) is 5.82 Å². The molecule has 0 atom stereocenters. The minimum atomic E-state index is -0.318. The summed E-state index contributed by atoms with van der Waals surface area (Å²) in [5.41, 5.74) is 2.35. The van der Waals surface area contributed by atoms with Crippen molar-refractivity contribution in [2.75, 3.05) is 63.2 Å². The van der Waals surface area contributed by atoms with Gasteiger partial charge in [-0.3, -0.25) is 10.1 Å². The molecule has 0 saturated carbocycles. The number of nitrogens with one attached hydrogen (secondary N) is 3. The third kappa shape index (κ3) is 5.26. The Morgan fingerprint density at radius 3 is 2.66 bits per heavy atom. The van der Waals surface area contributed by atoms with Gasteiger partial charge in [-0.2, -0.15) is 5.10 Å². The van der Waals surface area contributed by atoms with Crippen LogP contribution in [0, 0.1) is 17.8 Å². The fourth-order valence-corrected chi connectivity index (χ4v) is 4.66. The Kier molecular flexibility index (Phi) is 6.88. The highest BCUT2D eigenvalue weighted by atomic mass is 16.5. The third-order valence-electron chi connectivity index (χ3n) is 6.57. The van der Waals surface area contributed by atoms with E-state index in [0.29, 0.717) is 50.1 Å². The van der Waals surface area contributed by atoms with Crippen LogP contribution in [0.2, 0.25) is 0 Å². The number of piperidine rings is 1. The van der Waals surface area contributed by atoms with Gasteiger partial charge in [-0.25, -0.2) is 9.48 Å². The lowest BCUT2D eigenvalue weighted by atomic mass is 9.98. The Balaban J connectivity index is 1.46. The first kappa shape index (κ1) is 23.2.